The van der Waals surface area contributed by atoms with Crippen LogP contribution in [0.5, 0.6) is 0 Å². The second-order valence-corrected chi connectivity index (χ2v) is 7.02. The van der Waals surface area contributed by atoms with E-state index in [2.05, 4.69) is 62.5 Å². The molecule has 0 saturated heterocycles. The number of pyridine rings is 2. The van der Waals surface area contributed by atoms with E-state index in [9.17, 15) is 4.79 Å². The zero-order chi connectivity index (χ0) is 19.4. The van der Waals surface area contributed by atoms with Crippen LogP contribution in [-0.2, 0) is 0 Å². The van der Waals surface area contributed by atoms with Gasteiger partial charge in [-0.3, -0.25) is 0 Å². The minimum absolute atomic E-state index is 0.422. The summed E-state index contributed by atoms with van der Waals surface area (Å²) in [6, 6.07) is 6.16. The predicted molar refractivity (Wildman–Crippen MR) is 104 cm³/mol. The first-order valence-corrected chi connectivity index (χ1v) is 9.21. The number of nitriles is 1. The molecule has 0 aliphatic carbocycles. The maximum Gasteiger partial charge on any atom is 0.319 e. The molecule has 0 fully saturated rings. The Bertz CT molecular complexity index is 1010. The summed E-state index contributed by atoms with van der Waals surface area (Å²) in [4.78, 5) is 24.8. The van der Waals surface area contributed by atoms with Gasteiger partial charge in [0.25, 0.3) is 0 Å². The Balaban J connectivity index is 1.73. The molecule has 0 spiro atoms. The molecule has 3 aromatic heterocycles. The van der Waals surface area contributed by atoms with Crippen LogP contribution in [0.2, 0.25) is 0 Å². The summed E-state index contributed by atoms with van der Waals surface area (Å²) in [5.41, 5.74) is 0.970. The van der Waals surface area contributed by atoms with E-state index in [0.29, 0.717) is 32.0 Å². The van der Waals surface area contributed by atoms with Crippen LogP contribution in [0, 0.1) is 11.3 Å². The van der Waals surface area contributed by atoms with E-state index in [1.165, 1.54) is 23.4 Å². The Kier molecular flexibility index (Phi) is 5.78. The molecule has 11 heteroatoms. The summed E-state index contributed by atoms with van der Waals surface area (Å²) in [5.74, 6) is 0.991. The number of carbonyl (C=O) groups is 1. The third-order valence-electron chi connectivity index (χ3n) is 3.47. The second-order valence-electron chi connectivity index (χ2n) is 5.35. The van der Waals surface area contributed by atoms with E-state index in [1.807, 2.05) is 6.07 Å². The summed E-state index contributed by atoms with van der Waals surface area (Å²) in [6.45, 7) is 1.78. The van der Waals surface area contributed by atoms with E-state index in [4.69, 9.17) is 5.26 Å². The third kappa shape index (κ3) is 4.47. The van der Waals surface area contributed by atoms with Gasteiger partial charge < -0.3 is 10.6 Å². The summed E-state index contributed by atoms with van der Waals surface area (Å²) >= 11 is 6.62. The first-order valence-electron chi connectivity index (χ1n) is 7.63. The van der Waals surface area contributed by atoms with Gasteiger partial charge >= 0.3 is 6.03 Å². The average Bonchev–Trinajstić information content (AvgIpc) is 3.14. The molecule has 1 unspecified atom stereocenters. The quantitative estimate of drug-likeness (QED) is 0.540. The number of rotatable bonds is 4. The predicted octanol–water partition coefficient (Wildman–Crippen LogP) is 3.34. The average molecular weight is 492 g/mol. The second kappa shape index (κ2) is 8.24. The van der Waals surface area contributed by atoms with Crippen LogP contribution >= 0.6 is 31.9 Å². The van der Waals surface area contributed by atoms with Gasteiger partial charge in [-0.15, -0.1) is 0 Å². The Morgan fingerprint density at radius 3 is 2.74 bits per heavy atom. The Hall–Kier alpha value is -2.84. The topological polar surface area (TPSA) is 121 Å². The van der Waals surface area contributed by atoms with E-state index in [1.54, 1.807) is 25.1 Å². The number of nitrogens with zero attached hydrogens (tertiary/aromatic N) is 6. The van der Waals surface area contributed by atoms with Crippen molar-refractivity contribution in [1.82, 2.24) is 30.0 Å². The number of aromatic nitrogens is 5. The number of amides is 2. The maximum absolute atomic E-state index is 12.3. The van der Waals surface area contributed by atoms with Crippen molar-refractivity contribution in [3.05, 3.63) is 57.4 Å². The lowest BCUT2D eigenvalue weighted by atomic mass is 10.3. The van der Waals surface area contributed by atoms with E-state index in [0.717, 1.165) is 0 Å². The zero-order valence-electron chi connectivity index (χ0n) is 13.9. The monoisotopic (exact) mass is 490 g/mol. The van der Waals surface area contributed by atoms with Gasteiger partial charge in [0.1, 0.15) is 17.0 Å². The van der Waals surface area contributed by atoms with Gasteiger partial charge in [-0.25, -0.2) is 19.7 Å². The van der Waals surface area contributed by atoms with Crippen LogP contribution in [0.1, 0.15) is 24.4 Å². The minimum Gasteiger partial charge on any atom is -0.328 e. The molecule has 0 bridgehead atoms. The van der Waals surface area contributed by atoms with Crippen molar-refractivity contribution in [3.63, 3.8) is 0 Å². The molecule has 9 nitrogen and oxygen atoms in total. The molecular formula is C16H12Br2N8O. The highest BCUT2D eigenvalue weighted by Crippen LogP contribution is 2.24. The summed E-state index contributed by atoms with van der Waals surface area (Å²) in [5, 5.41) is 18.5. The van der Waals surface area contributed by atoms with E-state index >= 15 is 0 Å². The lowest BCUT2D eigenvalue weighted by Gasteiger charge is -2.15. The van der Waals surface area contributed by atoms with Crippen LogP contribution in [0.4, 0.5) is 10.5 Å². The molecule has 2 N–H and O–H groups in total. The molecule has 0 saturated carbocycles. The van der Waals surface area contributed by atoms with Crippen molar-refractivity contribution in [2.75, 3.05) is 5.32 Å². The van der Waals surface area contributed by atoms with Crippen molar-refractivity contribution in [3.8, 4) is 11.9 Å². The summed E-state index contributed by atoms with van der Waals surface area (Å²) < 4.78 is 2.84. The smallest absolute Gasteiger partial charge is 0.319 e. The molecule has 2 amide bonds. The number of carbonyl (C=O) groups excluding carboxylic acids is 1. The maximum atomic E-state index is 12.3. The van der Waals surface area contributed by atoms with Gasteiger partial charge in [-0.2, -0.15) is 15.0 Å². The number of hydrogen-bond donors (Lipinski definition) is 2. The zero-order valence-corrected chi connectivity index (χ0v) is 17.1. The van der Waals surface area contributed by atoms with Gasteiger partial charge in [0, 0.05) is 10.7 Å². The highest BCUT2D eigenvalue weighted by atomic mass is 79.9. The number of urea groups is 1. The Morgan fingerprint density at radius 1 is 1.26 bits per heavy atom. The van der Waals surface area contributed by atoms with Gasteiger partial charge in [0.05, 0.1) is 23.5 Å². The lowest BCUT2D eigenvalue weighted by molar-refractivity contribution is 0.248. The van der Waals surface area contributed by atoms with Gasteiger partial charge in [-0.05, 0) is 57.0 Å². The fraction of sp³-hybridized carbons (Fsp3) is 0.125. The number of anilines is 1. The fourth-order valence-electron chi connectivity index (χ4n) is 2.22. The first-order chi connectivity index (χ1) is 13.0. The first kappa shape index (κ1) is 18.9. The molecule has 0 aliphatic rings. The van der Waals surface area contributed by atoms with Crippen molar-refractivity contribution < 1.29 is 4.79 Å². The van der Waals surface area contributed by atoms with Gasteiger partial charge in [0.2, 0.25) is 0 Å². The molecule has 27 heavy (non-hydrogen) atoms. The molecule has 3 aromatic rings. The van der Waals surface area contributed by atoms with Crippen LogP contribution in [-0.4, -0.2) is 30.8 Å². The standard InChI is InChI=1S/C16H12Br2N8O/c1-9(24-16(27)25-12-7-20-13(18)4-11(12)17)15-22-8-23-26(15)14-3-2-10(5-19)6-21-14/h2-4,6-9H,1H3,(H2,24,25,27). The SMILES string of the molecule is CC(NC(=O)Nc1cnc(Br)cc1Br)c1ncnn1-c1ccc(C#N)cn1. The van der Waals surface area contributed by atoms with Crippen molar-refractivity contribution >= 4 is 43.6 Å². The largest absolute Gasteiger partial charge is 0.328 e. The molecular weight excluding hydrogens is 480 g/mol. The molecule has 136 valence electrons. The minimum atomic E-state index is -0.452. The van der Waals surface area contributed by atoms with Crippen LogP contribution in [0.25, 0.3) is 5.82 Å². The van der Waals surface area contributed by atoms with E-state index < -0.39 is 12.1 Å². The van der Waals surface area contributed by atoms with Crippen LogP contribution in [0.3, 0.4) is 0 Å². The van der Waals surface area contributed by atoms with Crippen LogP contribution < -0.4 is 10.6 Å². The normalized spacial score (nSPS) is 11.5. The molecule has 0 aliphatic heterocycles. The molecule has 1 atom stereocenters. The third-order valence-corrected chi connectivity index (χ3v) is 4.56. The molecule has 0 radical (unpaired) electrons. The molecule has 3 rings (SSSR count). The summed E-state index contributed by atoms with van der Waals surface area (Å²) in [6.07, 6.45) is 4.35. The number of nitrogens with one attached hydrogen (secondary N) is 2. The Morgan fingerprint density at radius 2 is 2.07 bits per heavy atom. The highest BCUT2D eigenvalue weighted by Gasteiger charge is 2.18. The van der Waals surface area contributed by atoms with E-state index in [-0.39, 0.29) is 0 Å². The van der Waals surface area contributed by atoms with Crippen molar-refractivity contribution in [2.45, 2.75) is 13.0 Å². The van der Waals surface area contributed by atoms with Crippen LogP contribution in [0.15, 0.2) is 46.0 Å². The number of halogens is 2. The fourth-order valence-corrected chi connectivity index (χ4v) is 3.28. The number of hydrogen-bond acceptors (Lipinski definition) is 6. The summed E-state index contributed by atoms with van der Waals surface area (Å²) in [7, 11) is 0. The highest BCUT2D eigenvalue weighted by molar-refractivity contribution is 9.11. The molecule has 3 heterocycles. The lowest BCUT2D eigenvalue weighted by Crippen LogP contribution is -2.32. The Labute approximate surface area is 171 Å². The van der Waals surface area contributed by atoms with Crippen molar-refractivity contribution in [1.29, 1.82) is 5.26 Å². The van der Waals surface area contributed by atoms with Gasteiger partial charge in [-0.1, -0.05) is 0 Å². The van der Waals surface area contributed by atoms with Crippen molar-refractivity contribution in [2.24, 2.45) is 0 Å². The van der Waals surface area contributed by atoms with Gasteiger partial charge in [0.15, 0.2) is 11.6 Å². The molecule has 0 aromatic carbocycles.